The number of hydrogen-bond donors (Lipinski definition) is 1. The third-order valence-electron chi connectivity index (χ3n) is 6.48. The summed E-state index contributed by atoms with van der Waals surface area (Å²) in [4.78, 5) is 13.1. The van der Waals surface area contributed by atoms with E-state index in [0.717, 1.165) is 12.8 Å². The number of fused-ring (bicyclic) bond motifs is 1. The van der Waals surface area contributed by atoms with Crippen molar-refractivity contribution in [3.63, 3.8) is 0 Å². The molecule has 1 aromatic carbocycles. The summed E-state index contributed by atoms with van der Waals surface area (Å²) in [5.41, 5.74) is 1.20. The number of nitrogens with one attached hydrogen (secondary N) is 1. The lowest BCUT2D eigenvalue weighted by molar-refractivity contribution is 0.0864. The molecular formula is C22H32N2O4S. The van der Waals surface area contributed by atoms with Crippen LogP contribution in [-0.2, 0) is 10.0 Å². The van der Waals surface area contributed by atoms with Crippen molar-refractivity contribution in [2.24, 2.45) is 11.8 Å². The summed E-state index contributed by atoms with van der Waals surface area (Å²) >= 11 is 0. The lowest BCUT2D eigenvalue weighted by atomic mass is 9.78. The topological polar surface area (TPSA) is 79.6 Å². The van der Waals surface area contributed by atoms with Gasteiger partial charge >= 0.3 is 0 Å². The molecule has 1 saturated carbocycles. The number of hydrogen-bond acceptors (Lipinski definition) is 4. The molecule has 0 aliphatic heterocycles. The molecule has 3 unspecified atom stereocenters. The third kappa shape index (κ3) is 4.08. The summed E-state index contributed by atoms with van der Waals surface area (Å²) in [6.07, 6.45) is 3.28. The van der Waals surface area contributed by atoms with E-state index in [2.05, 4.69) is 19.2 Å². The van der Waals surface area contributed by atoms with Crippen LogP contribution < -0.4 is 5.32 Å². The zero-order valence-corrected chi connectivity index (χ0v) is 18.8. The van der Waals surface area contributed by atoms with Gasteiger partial charge in [0.2, 0.25) is 10.0 Å². The van der Waals surface area contributed by atoms with Crippen LogP contribution in [0.4, 0.5) is 0 Å². The number of furan rings is 1. The molecule has 1 amide bonds. The SMILES string of the molecule is CCN(CC)S(=O)(=O)c1ccc2oc(C(=O)NC3CCCC(C)C3C)c(C)c2c1. The van der Waals surface area contributed by atoms with Crippen molar-refractivity contribution in [3.05, 3.63) is 29.5 Å². The van der Waals surface area contributed by atoms with Crippen LogP contribution in [0.25, 0.3) is 11.0 Å². The van der Waals surface area contributed by atoms with Crippen molar-refractivity contribution in [2.75, 3.05) is 13.1 Å². The number of carbonyl (C=O) groups excluding carboxylic acids is 1. The van der Waals surface area contributed by atoms with Gasteiger partial charge in [-0.3, -0.25) is 4.79 Å². The third-order valence-corrected chi connectivity index (χ3v) is 8.53. The summed E-state index contributed by atoms with van der Waals surface area (Å²) in [5, 5.41) is 3.80. The van der Waals surface area contributed by atoms with Gasteiger partial charge in [-0.2, -0.15) is 4.31 Å². The second kappa shape index (κ2) is 8.48. The molecule has 160 valence electrons. The zero-order chi connectivity index (χ0) is 21.3. The van der Waals surface area contributed by atoms with Gasteiger partial charge in [0.05, 0.1) is 4.90 Å². The first kappa shape index (κ1) is 21.8. The second-order valence-electron chi connectivity index (χ2n) is 8.15. The van der Waals surface area contributed by atoms with E-state index in [1.54, 1.807) is 18.2 Å². The minimum atomic E-state index is -3.57. The van der Waals surface area contributed by atoms with Crippen LogP contribution in [0.1, 0.15) is 63.1 Å². The van der Waals surface area contributed by atoms with Crippen LogP contribution in [0.2, 0.25) is 0 Å². The maximum absolute atomic E-state index is 12.9. The maximum atomic E-state index is 12.9. The van der Waals surface area contributed by atoms with Crippen LogP contribution >= 0.6 is 0 Å². The van der Waals surface area contributed by atoms with Crippen LogP contribution in [0.3, 0.4) is 0 Å². The molecule has 3 atom stereocenters. The molecule has 1 N–H and O–H groups in total. The van der Waals surface area contributed by atoms with Crippen molar-refractivity contribution in [2.45, 2.75) is 64.8 Å². The summed E-state index contributed by atoms with van der Waals surface area (Å²) in [6, 6.07) is 4.94. The highest BCUT2D eigenvalue weighted by molar-refractivity contribution is 7.89. The van der Waals surface area contributed by atoms with Crippen LogP contribution in [-0.4, -0.2) is 37.8 Å². The smallest absolute Gasteiger partial charge is 0.287 e. The number of benzene rings is 1. The lowest BCUT2D eigenvalue weighted by Crippen LogP contribution is -2.43. The molecule has 1 aliphatic rings. The molecule has 1 aliphatic carbocycles. The fourth-order valence-corrected chi connectivity index (χ4v) is 5.79. The first-order valence-corrected chi connectivity index (χ1v) is 12.0. The molecule has 1 heterocycles. The van der Waals surface area contributed by atoms with Crippen LogP contribution in [0.15, 0.2) is 27.5 Å². The lowest BCUT2D eigenvalue weighted by Gasteiger charge is -2.34. The number of sulfonamides is 1. The highest BCUT2D eigenvalue weighted by atomic mass is 32.2. The Labute approximate surface area is 173 Å². The van der Waals surface area contributed by atoms with E-state index in [9.17, 15) is 13.2 Å². The maximum Gasteiger partial charge on any atom is 0.287 e. The van der Waals surface area contributed by atoms with Gasteiger partial charge in [-0.1, -0.05) is 40.5 Å². The molecule has 6 nitrogen and oxygen atoms in total. The molecule has 1 fully saturated rings. The number of rotatable bonds is 6. The molecule has 0 spiro atoms. The van der Waals surface area contributed by atoms with Gasteiger partial charge in [-0.25, -0.2) is 8.42 Å². The van der Waals surface area contributed by atoms with E-state index < -0.39 is 10.0 Å². The highest BCUT2D eigenvalue weighted by Gasteiger charge is 2.30. The number of carbonyl (C=O) groups is 1. The van der Waals surface area contributed by atoms with Crippen molar-refractivity contribution in [3.8, 4) is 0 Å². The summed E-state index contributed by atoms with van der Waals surface area (Å²) in [5.74, 6) is 1.04. The molecule has 3 rings (SSSR count). The molecule has 1 aromatic heterocycles. The fraction of sp³-hybridized carbons (Fsp3) is 0.591. The molecule has 0 radical (unpaired) electrons. The molecule has 7 heteroatoms. The van der Waals surface area contributed by atoms with Crippen LogP contribution in [0.5, 0.6) is 0 Å². The van der Waals surface area contributed by atoms with Gasteiger partial charge in [-0.15, -0.1) is 0 Å². The zero-order valence-electron chi connectivity index (χ0n) is 18.0. The quantitative estimate of drug-likeness (QED) is 0.754. The standard InChI is InChI=1S/C22H32N2O4S/c1-6-24(7-2)29(26,27)17-11-12-20-18(13-17)16(5)21(28-20)22(25)23-19-10-8-9-14(3)15(19)4/h11-15,19H,6-10H2,1-5H3,(H,23,25). The first-order chi connectivity index (χ1) is 13.7. The van der Waals surface area contributed by atoms with E-state index in [4.69, 9.17) is 4.42 Å². The highest BCUT2D eigenvalue weighted by Crippen LogP contribution is 2.31. The summed E-state index contributed by atoms with van der Waals surface area (Å²) in [6.45, 7) is 10.7. The predicted molar refractivity (Wildman–Crippen MR) is 114 cm³/mol. The Bertz CT molecular complexity index is 992. The van der Waals surface area contributed by atoms with Gasteiger partial charge in [0.1, 0.15) is 5.58 Å². The Hall–Kier alpha value is -1.86. The van der Waals surface area contributed by atoms with E-state index in [1.165, 1.54) is 10.7 Å². The number of aryl methyl sites for hydroxylation is 1. The fourth-order valence-electron chi connectivity index (χ4n) is 4.31. The Morgan fingerprint density at radius 2 is 1.90 bits per heavy atom. The average molecular weight is 421 g/mol. The first-order valence-electron chi connectivity index (χ1n) is 10.5. The van der Waals surface area contributed by atoms with Gasteiger partial charge in [0.15, 0.2) is 5.76 Å². The number of amides is 1. The molecule has 2 aromatic rings. The van der Waals surface area contributed by atoms with E-state index in [1.807, 2.05) is 20.8 Å². The molecular weight excluding hydrogens is 388 g/mol. The Morgan fingerprint density at radius 1 is 1.21 bits per heavy atom. The molecule has 29 heavy (non-hydrogen) atoms. The second-order valence-corrected chi connectivity index (χ2v) is 10.1. The Balaban J connectivity index is 1.91. The molecule has 0 bridgehead atoms. The van der Waals surface area contributed by atoms with Gasteiger partial charge in [-0.05, 0) is 43.4 Å². The van der Waals surface area contributed by atoms with Crippen molar-refractivity contribution in [1.29, 1.82) is 0 Å². The van der Waals surface area contributed by atoms with Gasteiger partial charge < -0.3 is 9.73 Å². The van der Waals surface area contributed by atoms with Crippen molar-refractivity contribution >= 4 is 26.9 Å². The van der Waals surface area contributed by atoms with Gasteiger partial charge in [0, 0.05) is 30.1 Å². The minimum absolute atomic E-state index is 0.137. The average Bonchev–Trinajstić information content (AvgIpc) is 3.02. The predicted octanol–water partition coefficient (Wildman–Crippen LogP) is 4.33. The van der Waals surface area contributed by atoms with Crippen molar-refractivity contribution in [1.82, 2.24) is 9.62 Å². The van der Waals surface area contributed by atoms with Crippen molar-refractivity contribution < 1.29 is 17.6 Å². The summed E-state index contributed by atoms with van der Waals surface area (Å²) in [7, 11) is -3.57. The normalized spacial score (nSPS) is 22.9. The molecule has 0 saturated heterocycles. The van der Waals surface area contributed by atoms with Gasteiger partial charge in [0.25, 0.3) is 5.91 Å². The Kier molecular flexibility index (Phi) is 6.39. The summed E-state index contributed by atoms with van der Waals surface area (Å²) < 4.78 is 32.9. The van der Waals surface area contributed by atoms with E-state index >= 15 is 0 Å². The van der Waals surface area contributed by atoms with Crippen LogP contribution in [0, 0.1) is 18.8 Å². The van der Waals surface area contributed by atoms with E-state index in [-0.39, 0.29) is 22.6 Å². The Morgan fingerprint density at radius 3 is 2.55 bits per heavy atom. The minimum Gasteiger partial charge on any atom is -0.451 e. The monoisotopic (exact) mass is 420 g/mol. The number of nitrogens with zero attached hydrogens (tertiary/aromatic N) is 1. The van der Waals surface area contributed by atoms with E-state index in [0.29, 0.717) is 41.5 Å². The largest absolute Gasteiger partial charge is 0.451 e.